The summed E-state index contributed by atoms with van der Waals surface area (Å²) >= 11 is 3.48. The van der Waals surface area contributed by atoms with Crippen LogP contribution in [0.4, 0.5) is 5.82 Å². The molecule has 16 heavy (non-hydrogen) atoms. The summed E-state index contributed by atoms with van der Waals surface area (Å²) in [5.74, 6) is 0.576. The standard InChI is InChI=1S/C12H10BrN3/c1-16-10-6-7(13)2-3-8(10)9-4-5-15-12(14)11(9)16/h2-6H,1H3,(H2,14,15). The molecule has 80 valence electrons. The van der Waals surface area contributed by atoms with Gasteiger partial charge >= 0.3 is 0 Å². The van der Waals surface area contributed by atoms with Crippen LogP contribution in [0, 0.1) is 0 Å². The number of benzene rings is 1. The number of halogens is 1. The summed E-state index contributed by atoms with van der Waals surface area (Å²) in [6.07, 6.45) is 1.75. The van der Waals surface area contributed by atoms with E-state index >= 15 is 0 Å². The molecule has 3 aromatic rings. The Morgan fingerprint density at radius 3 is 2.88 bits per heavy atom. The molecule has 1 aromatic carbocycles. The Morgan fingerprint density at radius 1 is 1.25 bits per heavy atom. The van der Waals surface area contributed by atoms with Gasteiger partial charge in [0, 0.05) is 28.5 Å². The second kappa shape index (κ2) is 3.22. The highest BCUT2D eigenvalue weighted by atomic mass is 79.9. The highest BCUT2D eigenvalue weighted by Gasteiger charge is 2.10. The molecule has 0 saturated heterocycles. The summed E-state index contributed by atoms with van der Waals surface area (Å²) in [5, 5.41) is 2.35. The van der Waals surface area contributed by atoms with Crippen molar-refractivity contribution in [3.05, 3.63) is 34.9 Å². The Labute approximate surface area is 101 Å². The van der Waals surface area contributed by atoms with E-state index in [1.54, 1.807) is 6.20 Å². The first-order valence-electron chi connectivity index (χ1n) is 4.96. The molecule has 0 aliphatic heterocycles. The second-order valence-electron chi connectivity index (χ2n) is 3.81. The zero-order valence-electron chi connectivity index (χ0n) is 8.74. The monoisotopic (exact) mass is 275 g/mol. The third-order valence-electron chi connectivity index (χ3n) is 2.90. The van der Waals surface area contributed by atoms with Gasteiger partial charge in [0.25, 0.3) is 0 Å². The number of nitrogens with two attached hydrogens (primary N) is 1. The average Bonchev–Trinajstić information content (AvgIpc) is 2.54. The van der Waals surface area contributed by atoms with E-state index in [9.17, 15) is 0 Å². The van der Waals surface area contributed by atoms with Crippen LogP contribution >= 0.6 is 15.9 Å². The number of pyridine rings is 1. The molecule has 0 unspecified atom stereocenters. The summed E-state index contributed by atoms with van der Waals surface area (Å²) in [7, 11) is 2.01. The van der Waals surface area contributed by atoms with Gasteiger partial charge in [0.2, 0.25) is 0 Å². The van der Waals surface area contributed by atoms with Gasteiger partial charge in [-0.05, 0) is 18.2 Å². The van der Waals surface area contributed by atoms with Crippen LogP contribution in [-0.2, 0) is 7.05 Å². The van der Waals surface area contributed by atoms with Gasteiger partial charge in [-0.15, -0.1) is 0 Å². The molecular formula is C12H10BrN3. The predicted molar refractivity (Wildman–Crippen MR) is 70.3 cm³/mol. The lowest BCUT2D eigenvalue weighted by atomic mass is 10.2. The van der Waals surface area contributed by atoms with Gasteiger partial charge in [-0.2, -0.15) is 0 Å². The van der Waals surface area contributed by atoms with Crippen molar-refractivity contribution in [1.29, 1.82) is 0 Å². The molecule has 2 heterocycles. The van der Waals surface area contributed by atoms with Gasteiger partial charge < -0.3 is 10.3 Å². The first-order valence-corrected chi connectivity index (χ1v) is 5.76. The Hall–Kier alpha value is -1.55. The zero-order chi connectivity index (χ0) is 11.3. The van der Waals surface area contributed by atoms with Gasteiger partial charge in [0.15, 0.2) is 0 Å². The Balaban J connectivity index is 2.64. The van der Waals surface area contributed by atoms with Crippen molar-refractivity contribution in [1.82, 2.24) is 9.55 Å². The van der Waals surface area contributed by atoms with Crippen LogP contribution in [0.25, 0.3) is 21.8 Å². The number of fused-ring (bicyclic) bond motifs is 3. The van der Waals surface area contributed by atoms with Crippen LogP contribution in [0.5, 0.6) is 0 Å². The summed E-state index contributed by atoms with van der Waals surface area (Å²) in [6.45, 7) is 0. The van der Waals surface area contributed by atoms with Crippen LogP contribution in [0.2, 0.25) is 0 Å². The lowest BCUT2D eigenvalue weighted by Gasteiger charge is -1.99. The lowest BCUT2D eigenvalue weighted by molar-refractivity contribution is 1.01. The van der Waals surface area contributed by atoms with Crippen molar-refractivity contribution >= 4 is 43.6 Å². The Bertz CT molecular complexity index is 700. The van der Waals surface area contributed by atoms with E-state index in [0.29, 0.717) is 5.82 Å². The maximum Gasteiger partial charge on any atom is 0.147 e. The van der Waals surface area contributed by atoms with E-state index in [2.05, 4.69) is 37.6 Å². The molecule has 3 rings (SSSR count). The quantitative estimate of drug-likeness (QED) is 0.685. The van der Waals surface area contributed by atoms with Gasteiger partial charge in [-0.1, -0.05) is 22.0 Å². The zero-order valence-corrected chi connectivity index (χ0v) is 10.3. The normalized spacial score (nSPS) is 11.4. The summed E-state index contributed by atoms with van der Waals surface area (Å²) in [5.41, 5.74) is 8.07. The molecule has 0 spiro atoms. The Morgan fingerprint density at radius 2 is 2.06 bits per heavy atom. The second-order valence-corrected chi connectivity index (χ2v) is 4.73. The van der Waals surface area contributed by atoms with E-state index in [1.165, 1.54) is 5.39 Å². The van der Waals surface area contributed by atoms with Crippen molar-refractivity contribution in [2.75, 3.05) is 5.73 Å². The molecule has 0 aliphatic carbocycles. The molecule has 0 atom stereocenters. The minimum absolute atomic E-state index is 0.576. The van der Waals surface area contributed by atoms with Crippen LogP contribution < -0.4 is 5.73 Å². The van der Waals surface area contributed by atoms with Crippen LogP contribution in [0.15, 0.2) is 34.9 Å². The minimum atomic E-state index is 0.576. The number of hydrogen-bond donors (Lipinski definition) is 1. The highest BCUT2D eigenvalue weighted by molar-refractivity contribution is 9.10. The lowest BCUT2D eigenvalue weighted by Crippen LogP contribution is -1.95. The van der Waals surface area contributed by atoms with Crippen molar-refractivity contribution in [3.8, 4) is 0 Å². The van der Waals surface area contributed by atoms with E-state index in [4.69, 9.17) is 5.73 Å². The Kier molecular flexibility index (Phi) is 1.94. The number of hydrogen-bond acceptors (Lipinski definition) is 2. The van der Waals surface area contributed by atoms with Crippen molar-refractivity contribution in [3.63, 3.8) is 0 Å². The van der Waals surface area contributed by atoms with Crippen LogP contribution in [-0.4, -0.2) is 9.55 Å². The third-order valence-corrected chi connectivity index (χ3v) is 3.39. The van der Waals surface area contributed by atoms with E-state index in [0.717, 1.165) is 20.9 Å². The topological polar surface area (TPSA) is 43.8 Å². The van der Waals surface area contributed by atoms with Gasteiger partial charge in [0.05, 0.1) is 11.0 Å². The first kappa shape index (κ1) is 9.66. The first-order chi connectivity index (χ1) is 7.68. The maximum absolute atomic E-state index is 5.92. The number of aryl methyl sites for hydroxylation is 1. The number of rotatable bonds is 0. The van der Waals surface area contributed by atoms with E-state index in [-0.39, 0.29) is 0 Å². The molecule has 0 amide bonds. The minimum Gasteiger partial charge on any atom is -0.382 e. The number of nitrogens with zero attached hydrogens (tertiary/aromatic N) is 2. The van der Waals surface area contributed by atoms with Crippen molar-refractivity contribution in [2.45, 2.75) is 0 Å². The molecule has 2 N–H and O–H groups in total. The maximum atomic E-state index is 5.92. The molecule has 0 bridgehead atoms. The van der Waals surface area contributed by atoms with E-state index < -0.39 is 0 Å². The SMILES string of the molecule is Cn1c2cc(Br)ccc2c2ccnc(N)c21. The van der Waals surface area contributed by atoms with Crippen LogP contribution in [0.3, 0.4) is 0 Å². The summed E-state index contributed by atoms with van der Waals surface area (Å²) in [6, 6.07) is 8.23. The molecule has 0 fully saturated rings. The predicted octanol–water partition coefficient (Wildman–Crippen LogP) is 3.07. The van der Waals surface area contributed by atoms with Crippen molar-refractivity contribution in [2.24, 2.45) is 7.05 Å². The number of aromatic nitrogens is 2. The van der Waals surface area contributed by atoms with Gasteiger partial charge in [0.1, 0.15) is 5.82 Å². The molecule has 0 saturated carbocycles. The smallest absolute Gasteiger partial charge is 0.147 e. The summed E-state index contributed by atoms with van der Waals surface area (Å²) in [4.78, 5) is 4.13. The molecule has 3 nitrogen and oxygen atoms in total. The average molecular weight is 276 g/mol. The van der Waals surface area contributed by atoms with E-state index in [1.807, 2.05) is 19.2 Å². The molecule has 0 aliphatic rings. The van der Waals surface area contributed by atoms with Crippen molar-refractivity contribution < 1.29 is 0 Å². The number of nitrogen functional groups attached to an aromatic ring is 1. The molecular weight excluding hydrogens is 266 g/mol. The van der Waals surface area contributed by atoms with Gasteiger partial charge in [-0.3, -0.25) is 0 Å². The van der Waals surface area contributed by atoms with Crippen LogP contribution in [0.1, 0.15) is 0 Å². The fraction of sp³-hybridized carbons (Fsp3) is 0.0833. The molecule has 2 aromatic heterocycles. The summed E-state index contributed by atoms with van der Waals surface area (Å²) < 4.78 is 3.15. The molecule has 4 heteroatoms. The fourth-order valence-corrected chi connectivity index (χ4v) is 2.52. The fourth-order valence-electron chi connectivity index (χ4n) is 2.17. The molecule has 0 radical (unpaired) electrons. The highest BCUT2D eigenvalue weighted by Crippen LogP contribution is 2.31. The largest absolute Gasteiger partial charge is 0.382 e. The van der Waals surface area contributed by atoms with Gasteiger partial charge in [-0.25, -0.2) is 4.98 Å². The third kappa shape index (κ3) is 1.16. The number of anilines is 1.